The summed E-state index contributed by atoms with van der Waals surface area (Å²) in [5.74, 6) is -0.736. The van der Waals surface area contributed by atoms with Gasteiger partial charge in [-0.2, -0.15) is 5.26 Å². The third-order valence-corrected chi connectivity index (χ3v) is 4.55. The van der Waals surface area contributed by atoms with Gasteiger partial charge in [0.2, 0.25) is 5.91 Å². The minimum atomic E-state index is -0.818. The largest absolute Gasteiger partial charge is 0.384 e. The number of likely N-dealkylation sites (tertiary alicyclic amines) is 1. The van der Waals surface area contributed by atoms with Gasteiger partial charge in [0.05, 0.1) is 18.0 Å². The predicted molar refractivity (Wildman–Crippen MR) is 103 cm³/mol. The Balaban J connectivity index is 2.06. The van der Waals surface area contributed by atoms with Crippen LogP contribution in [0.5, 0.6) is 0 Å². The lowest BCUT2D eigenvalue weighted by atomic mass is 9.83. The second kappa shape index (κ2) is 8.81. The lowest BCUT2D eigenvalue weighted by Crippen LogP contribution is -2.64. The molecular weight excluding hydrogens is 342 g/mol. The predicted octanol–water partition coefficient (Wildman–Crippen LogP) is 2.64. The van der Waals surface area contributed by atoms with E-state index in [1.54, 1.807) is 19.1 Å². The Morgan fingerprint density at radius 1 is 1.48 bits per heavy atom. The van der Waals surface area contributed by atoms with Gasteiger partial charge in [0, 0.05) is 0 Å². The van der Waals surface area contributed by atoms with Gasteiger partial charge in [-0.15, -0.1) is 0 Å². The number of hydrogen-bond donors (Lipinski definition) is 2. The summed E-state index contributed by atoms with van der Waals surface area (Å²) < 4.78 is 0. The molecule has 7 nitrogen and oxygen atoms in total. The van der Waals surface area contributed by atoms with Crippen molar-refractivity contribution in [3.05, 3.63) is 59.4 Å². The number of carbonyl (C=O) groups is 2. The van der Waals surface area contributed by atoms with Gasteiger partial charge in [-0.05, 0) is 44.2 Å². The van der Waals surface area contributed by atoms with Crippen molar-refractivity contribution >= 4 is 18.7 Å². The van der Waals surface area contributed by atoms with E-state index >= 15 is 0 Å². The molecule has 0 bridgehead atoms. The first kappa shape index (κ1) is 19.9. The molecule has 0 saturated carbocycles. The second-order valence-corrected chi connectivity index (χ2v) is 6.27. The summed E-state index contributed by atoms with van der Waals surface area (Å²) in [6, 6.07) is 9.79. The number of aliphatic imine (C=N–C) groups is 1. The van der Waals surface area contributed by atoms with Crippen molar-refractivity contribution in [2.24, 2.45) is 16.6 Å². The monoisotopic (exact) mass is 365 g/mol. The van der Waals surface area contributed by atoms with Crippen molar-refractivity contribution in [1.82, 2.24) is 10.2 Å². The summed E-state index contributed by atoms with van der Waals surface area (Å²) >= 11 is 0. The van der Waals surface area contributed by atoms with Crippen LogP contribution in [0.4, 0.5) is 4.79 Å². The average Bonchev–Trinajstić information content (AvgIpc) is 2.68. The molecule has 0 radical (unpaired) electrons. The number of nitrogens with zero attached hydrogens (tertiary/aromatic N) is 3. The molecule has 0 spiro atoms. The number of nitriles is 1. The molecule has 3 amide bonds. The first-order valence-corrected chi connectivity index (χ1v) is 8.60. The zero-order valence-electron chi connectivity index (χ0n) is 15.4. The molecule has 1 aliphatic rings. The fourth-order valence-corrected chi connectivity index (χ4v) is 2.95. The highest BCUT2D eigenvalue weighted by molar-refractivity contribution is 6.02. The van der Waals surface area contributed by atoms with Gasteiger partial charge in [0.15, 0.2) is 0 Å². The van der Waals surface area contributed by atoms with Crippen molar-refractivity contribution < 1.29 is 9.59 Å². The minimum absolute atomic E-state index is 0.231. The Morgan fingerprint density at radius 2 is 2.15 bits per heavy atom. The molecule has 7 heteroatoms. The Labute approximate surface area is 158 Å². The van der Waals surface area contributed by atoms with Crippen LogP contribution in [0, 0.1) is 17.2 Å². The van der Waals surface area contributed by atoms with Crippen LogP contribution < -0.4 is 11.1 Å². The maximum atomic E-state index is 12.5. The molecule has 1 aromatic carbocycles. The fourth-order valence-electron chi connectivity index (χ4n) is 2.95. The quantitative estimate of drug-likeness (QED) is 0.458. The van der Waals surface area contributed by atoms with Crippen LogP contribution >= 0.6 is 0 Å². The van der Waals surface area contributed by atoms with Crippen molar-refractivity contribution in [2.45, 2.75) is 32.4 Å². The second-order valence-electron chi connectivity index (χ2n) is 6.27. The van der Waals surface area contributed by atoms with E-state index in [-0.39, 0.29) is 17.8 Å². The molecule has 0 unspecified atom stereocenters. The van der Waals surface area contributed by atoms with Gasteiger partial charge in [-0.25, -0.2) is 14.7 Å². The van der Waals surface area contributed by atoms with Gasteiger partial charge >= 0.3 is 6.03 Å². The zero-order chi connectivity index (χ0) is 20.0. The Kier molecular flexibility index (Phi) is 6.50. The summed E-state index contributed by atoms with van der Waals surface area (Å²) in [7, 11) is 0. The highest BCUT2D eigenvalue weighted by atomic mass is 16.2. The topological polar surface area (TPSA) is 112 Å². The van der Waals surface area contributed by atoms with Gasteiger partial charge < -0.3 is 11.1 Å². The molecule has 3 atom stereocenters. The highest BCUT2D eigenvalue weighted by Gasteiger charge is 2.51. The molecule has 0 aliphatic carbocycles. The molecule has 3 N–H and O–H groups in total. The number of carbonyl (C=O) groups excluding carboxylic acids is 2. The van der Waals surface area contributed by atoms with E-state index in [9.17, 15) is 14.9 Å². The number of nitrogens with two attached hydrogens (primary N) is 1. The smallest absolute Gasteiger partial charge is 0.325 e. The summed E-state index contributed by atoms with van der Waals surface area (Å²) in [5.41, 5.74) is 7.31. The molecule has 140 valence electrons. The molecule has 27 heavy (non-hydrogen) atoms. The minimum Gasteiger partial charge on any atom is -0.384 e. The number of imide groups is 1. The third-order valence-electron chi connectivity index (χ3n) is 4.55. The van der Waals surface area contributed by atoms with Crippen LogP contribution in [0.25, 0.3) is 0 Å². The van der Waals surface area contributed by atoms with E-state index in [0.717, 1.165) is 16.0 Å². The van der Waals surface area contributed by atoms with Crippen molar-refractivity contribution in [2.75, 3.05) is 0 Å². The fraction of sp³-hybridized carbons (Fsp3) is 0.300. The van der Waals surface area contributed by atoms with Gasteiger partial charge in [0.25, 0.3) is 0 Å². The van der Waals surface area contributed by atoms with Crippen LogP contribution in [0.15, 0.2) is 58.9 Å². The standard InChI is InChI=1S/C20H23N5O2/c1-4-14(11-18(22)23-3)10-16-17(12-21)25(19(16)26)20(27)24-13(2)15-8-6-5-7-9-15/h4-9,11,13,16-17H,3,10,22H2,1-2H3,(H,24,27)/b14-4-,18-11-/t13-,16-,17-/m1/s1. The maximum absolute atomic E-state index is 12.5. The first-order chi connectivity index (χ1) is 12.9. The number of allylic oxidation sites excluding steroid dienone is 3. The lowest BCUT2D eigenvalue weighted by Gasteiger charge is -2.42. The van der Waals surface area contributed by atoms with Crippen molar-refractivity contribution in [1.29, 1.82) is 5.26 Å². The number of hydrogen-bond acceptors (Lipinski definition) is 5. The Hall–Kier alpha value is -3.40. The van der Waals surface area contributed by atoms with E-state index < -0.39 is 18.0 Å². The first-order valence-electron chi connectivity index (χ1n) is 8.60. The molecular formula is C20H23N5O2. The average molecular weight is 365 g/mol. The summed E-state index contributed by atoms with van der Waals surface area (Å²) in [4.78, 5) is 29.6. The molecule has 0 aromatic heterocycles. The summed E-state index contributed by atoms with van der Waals surface area (Å²) in [5, 5.41) is 12.2. The van der Waals surface area contributed by atoms with Crippen LogP contribution in [-0.2, 0) is 4.79 Å². The highest BCUT2D eigenvalue weighted by Crippen LogP contribution is 2.32. The number of benzene rings is 1. The maximum Gasteiger partial charge on any atom is 0.325 e. The number of rotatable bonds is 6. The van der Waals surface area contributed by atoms with Crippen LogP contribution in [0.1, 0.15) is 31.9 Å². The van der Waals surface area contributed by atoms with E-state index in [1.807, 2.05) is 37.3 Å². The summed E-state index contributed by atoms with van der Waals surface area (Å²) in [6.07, 6.45) is 3.71. The van der Waals surface area contributed by atoms with Gasteiger partial charge in [-0.3, -0.25) is 4.79 Å². The lowest BCUT2D eigenvalue weighted by molar-refractivity contribution is -0.146. The molecule has 1 aliphatic heterocycles. The normalized spacial score (nSPS) is 21.1. The van der Waals surface area contributed by atoms with Crippen molar-refractivity contribution in [3.63, 3.8) is 0 Å². The number of amides is 3. The van der Waals surface area contributed by atoms with Gasteiger partial charge in [0.1, 0.15) is 11.9 Å². The van der Waals surface area contributed by atoms with Crippen LogP contribution in [0.2, 0.25) is 0 Å². The third kappa shape index (κ3) is 4.42. The molecule has 1 saturated heterocycles. The number of nitrogens with one attached hydrogen (secondary N) is 1. The Morgan fingerprint density at radius 3 is 2.70 bits per heavy atom. The molecule has 1 heterocycles. The molecule has 1 fully saturated rings. The molecule has 2 rings (SSSR count). The van der Waals surface area contributed by atoms with E-state index in [0.29, 0.717) is 6.42 Å². The van der Waals surface area contributed by atoms with Crippen LogP contribution in [0.3, 0.4) is 0 Å². The summed E-state index contributed by atoms with van der Waals surface area (Å²) in [6.45, 7) is 6.97. The Bertz CT molecular complexity index is 823. The van der Waals surface area contributed by atoms with Gasteiger partial charge in [-0.1, -0.05) is 36.4 Å². The van der Waals surface area contributed by atoms with E-state index in [4.69, 9.17) is 5.73 Å². The number of urea groups is 1. The van der Waals surface area contributed by atoms with Crippen LogP contribution in [-0.4, -0.2) is 29.6 Å². The SMILES string of the molecule is C=N/C(N)=C\C(=C/C)C[C@H]1C(=O)N(C(=O)N[C@H](C)c2ccccc2)[C@@H]1C#N. The zero-order valence-corrected chi connectivity index (χ0v) is 15.4. The number of β-lactam (4-membered cyclic amide) rings is 1. The van der Waals surface area contributed by atoms with E-state index in [2.05, 4.69) is 23.1 Å². The van der Waals surface area contributed by atoms with E-state index in [1.165, 1.54) is 0 Å². The van der Waals surface area contributed by atoms with Crippen molar-refractivity contribution in [3.8, 4) is 6.07 Å². The molecule has 1 aromatic rings.